The number of benzene rings is 1. The first kappa shape index (κ1) is 14.4. The summed E-state index contributed by atoms with van der Waals surface area (Å²) in [4.78, 5) is 12.9. The predicted octanol–water partition coefficient (Wildman–Crippen LogP) is 2.14. The molecule has 5 heteroatoms. The molecule has 4 nitrogen and oxygen atoms in total. The number of hydrogen-bond acceptors (Lipinski definition) is 3. The Balaban J connectivity index is 2.76. The third-order valence-corrected chi connectivity index (χ3v) is 2.60. The number of carboxylic acids is 1. The second-order valence-electron chi connectivity index (χ2n) is 3.80. The minimum atomic E-state index is -0.989. The molecule has 0 heterocycles. The molecule has 1 atom stereocenters. The van der Waals surface area contributed by atoms with Crippen molar-refractivity contribution in [2.75, 3.05) is 24.6 Å². The van der Waals surface area contributed by atoms with Crippen LogP contribution < -0.4 is 4.90 Å². The SMILES string of the molecule is CCOC(CN(CC)c1ccc(F)cc1)C(=O)O. The van der Waals surface area contributed by atoms with Crippen LogP contribution in [0.15, 0.2) is 24.3 Å². The molecule has 0 aliphatic heterocycles. The van der Waals surface area contributed by atoms with Crippen LogP contribution >= 0.6 is 0 Å². The second kappa shape index (κ2) is 6.96. The highest BCUT2D eigenvalue weighted by atomic mass is 19.1. The largest absolute Gasteiger partial charge is 0.479 e. The molecule has 1 aromatic carbocycles. The van der Waals surface area contributed by atoms with Gasteiger partial charge in [-0.1, -0.05) is 0 Å². The molecule has 0 aromatic heterocycles. The number of carbonyl (C=O) groups is 1. The van der Waals surface area contributed by atoms with Crippen molar-refractivity contribution in [3.05, 3.63) is 30.1 Å². The highest BCUT2D eigenvalue weighted by Gasteiger charge is 2.20. The maximum Gasteiger partial charge on any atom is 0.334 e. The van der Waals surface area contributed by atoms with Crippen LogP contribution in [0.4, 0.5) is 10.1 Å². The lowest BCUT2D eigenvalue weighted by Gasteiger charge is -2.26. The third kappa shape index (κ3) is 4.00. The minimum absolute atomic E-state index is 0.241. The lowest BCUT2D eigenvalue weighted by molar-refractivity contribution is -0.149. The van der Waals surface area contributed by atoms with Crippen LogP contribution in [0.25, 0.3) is 0 Å². The zero-order valence-corrected chi connectivity index (χ0v) is 10.6. The first-order valence-electron chi connectivity index (χ1n) is 5.93. The predicted molar refractivity (Wildman–Crippen MR) is 67.3 cm³/mol. The molecule has 0 saturated heterocycles. The number of ether oxygens (including phenoxy) is 1. The normalized spacial score (nSPS) is 12.2. The maximum atomic E-state index is 12.8. The van der Waals surface area contributed by atoms with Gasteiger partial charge in [0.2, 0.25) is 0 Å². The quantitative estimate of drug-likeness (QED) is 0.811. The Bertz CT molecular complexity index is 380. The molecule has 0 fully saturated rings. The van der Waals surface area contributed by atoms with Gasteiger partial charge < -0.3 is 14.7 Å². The lowest BCUT2D eigenvalue weighted by Crippen LogP contribution is -2.38. The Morgan fingerprint density at radius 3 is 2.44 bits per heavy atom. The molecule has 0 amide bonds. The average Bonchev–Trinajstić information content (AvgIpc) is 2.35. The van der Waals surface area contributed by atoms with E-state index >= 15 is 0 Å². The number of carboxylic acid groups (broad SMARTS) is 1. The van der Waals surface area contributed by atoms with E-state index in [4.69, 9.17) is 9.84 Å². The van der Waals surface area contributed by atoms with Gasteiger partial charge in [0.05, 0.1) is 6.54 Å². The summed E-state index contributed by atoms with van der Waals surface area (Å²) >= 11 is 0. The Morgan fingerprint density at radius 2 is 2.00 bits per heavy atom. The molecular weight excluding hydrogens is 237 g/mol. The standard InChI is InChI=1S/C13H18FNO3/c1-3-15(9-12(13(16)17)18-4-2)11-7-5-10(14)6-8-11/h5-8,12H,3-4,9H2,1-2H3,(H,16,17). The van der Waals surface area contributed by atoms with Crippen molar-refractivity contribution in [3.63, 3.8) is 0 Å². The molecule has 0 aliphatic rings. The van der Waals surface area contributed by atoms with Crippen molar-refractivity contribution in [1.82, 2.24) is 0 Å². The van der Waals surface area contributed by atoms with Gasteiger partial charge >= 0.3 is 5.97 Å². The molecule has 0 saturated carbocycles. The van der Waals surface area contributed by atoms with E-state index in [0.717, 1.165) is 5.69 Å². The van der Waals surface area contributed by atoms with Crippen molar-refractivity contribution in [2.45, 2.75) is 20.0 Å². The lowest BCUT2D eigenvalue weighted by atomic mass is 10.2. The van der Waals surface area contributed by atoms with Gasteiger partial charge in [-0.25, -0.2) is 9.18 Å². The van der Waals surface area contributed by atoms with Crippen LogP contribution in [0.1, 0.15) is 13.8 Å². The minimum Gasteiger partial charge on any atom is -0.479 e. The van der Waals surface area contributed by atoms with E-state index in [9.17, 15) is 9.18 Å². The molecule has 0 bridgehead atoms. The van der Waals surface area contributed by atoms with E-state index in [0.29, 0.717) is 13.2 Å². The van der Waals surface area contributed by atoms with Crippen LogP contribution in [0.2, 0.25) is 0 Å². The highest BCUT2D eigenvalue weighted by Crippen LogP contribution is 2.15. The zero-order chi connectivity index (χ0) is 13.5. The number of nitrogens with zero attached hydrogens (tertiary/aromatic N) is 1. The number of rotatable bonds is 7. The van der Waals surface area contributed by atoms with Crippen molar-refractivity contribution in [2.24, 2.45) is 0 Å². The number of likely N-dealkylation sites (N-methyl/N-ethyl adjacent to an activating group) is 1. The van der Waals surface area contributed by atoms with Crippen LogP contribution in [-0.2, 0) is 9.53 Å². The van der Waals surface area contributed by atoms with Gasteiger partial charge in [0.15, 0.2) is 6.10 Å². The summed E-state index contributed by atoms with van der Waals surface area (Å²) in [6.45, 7) is 4.88. The molecule has 0 spiro atoms. The van der Waals surface area contributed by atoms with Gasteiger partial charge in [-0.15, -0.1) is 0 Å². The fourth-order valence-corrected chi connectivity index (χ4v) is 1.67. The first-order chi connectivity index (χ1) is 8.58. The molecule has 18 heavy (non-hydrogen) atoms. The van der Waals surface area contributed by atoms with Crippen LogP contribution in [0, 0.1) is 5.82 Å². The number of anilines is 1. The second-order valence-corrected chi connectivity index (χ2v) is 3.80. The Labute approximate surface area is 106 Å². The number of halogens is 1. The zero-order valence-electron chi connectivity index (χ0n) is 10.6. The van der Waals surface area contributed by atoms with Crippen LogP contribution in [0.3, 0.4) is 0 Å². The van der Waals surface area contributed by atoms with Gasteiger partial charge in [0.1, 0.15) is 5.82 Å². The van der Waals surface area contributed by atoms with Gasteiger partial charge in [-0.05, 0) is 38.1 Å². The van der Waals surface area contributed by atoms with E-state index in [2.05, 4.69) is 0 Å². The van der Waals surface area contributed by atoms with Crippen molar-refractivity contribution < 1.29 is 19.0 Å². The Kier molecular flexibility index (Phi) is 5.58. The van der Waals surface area contributed by atoms with Crippen molar-refractivity contribution in [1.29, 1.82) is 0 Å². The van der Waals surface area contributed by atoms with Crippen LogP contribution in [0.5, 0.6) is 0 Å². The summed E-state index contributed by atoms with van der Waals surface area (Å²) in [5.41, 5.74) is 0.782. The van der Waals surface area contributed by atoms with E-state index in [-0.39, 0.29) is 12.4 Å². The topological polar surface area (TPSA) is 49.8 Å². The molecule has 0 radical (unpaired) electrons. The molecular formula is C13H18FNO3. The highest BCUT2D eigenvalue weighted by molar-refractivity contribution is 5.73. The molecule has 1 unspecified atom stereocenters. The smallest absolute Gasteiger partial charge is 0.334 e. The number of hydrogen-bond donors (Lipinski definition) is 1. The van der Waals surface area contributed by atoms with Gasteiger partial charge in [0.25, 0.3) is 0 Å². The third-order valence-electron chi connectivity index (χ3n) is 2.60. The molecule has 0 aliphatic carbocycles. The van der Waals surface area contributed by atoms with Crippen molar-refractivity contribution >= 4 is 11.7 Å². The van der Waals surface area contributed by atoms with Gasteiger partial charge in [-0.2, -0.15) is 0 Å². The van der Waals surface area contributed by atoms with E-state index < -0.39 is 12.1 Å². The molecule has 1 aromatic rings. The first-order valence-corrected chi connectivity index (χ1v) is 5.93. The van der Waals surface area contributed by atoms with Gasteiger partial charge in [0, 0.05) is 18.8 Å². The van der Waals surface area contributed by atoms with E-state index in [1.165, 1.54) is 12.1 Å². The summed E-state index contributed by atoms with van der Waals surface area (Å²) in [7, 11) is 0. The molecule has 100 valence electrons. The number of aliphatic carboxylic acids is 1. The van der Waals surface area contributed by atoms with Gasteiger partial charge in [-0.3, -0.25) is 0 Å². The van der Waals surface area contributed by atoms with Crippen molar-refractivity contribution in [3.8, 4) is 0 Å². The maximum absolute atomic E-state index is 12.8. The monoisotopic (exact) mass is 255 g/mol. The van der Waals surface area contributed by atoms with E-state index in [1.807, 2.05) is 11.8 Å². The fraction of sp³-hybridized carbons (Fsp3) is 0.462. The van der Waals surface area contributed by atoms with E-state index in [1.54, 1.807) is 19.1 Å². The van der Waals surface area contributed by atoms with Crippen LogP contribution in [-0.4, -0.2) is 36.9 Å². The molecule has 1 rings (SSSR count). The summed E-state index contributed by atoms with van der Waals surface area (Å²) in [6.07, 6.45) is -0.875. The summed E-state index contributed by atoms with van der Waals surface area (Å²) < 4.78 is 18.0. The summed E-state index contributed by atoms with van der Waals surface area (Å²) in [5, 5.41) is 9.03. The Morgan fingerprint density at radius 1 is 1.39 bits per heavy atom. The fourth-order valence-electron chi connectivity index (χ4n) is 1.67. The average molecular weight is 255 g/mol. The summed E-state index contributed by atoms with van der Waals surface area (Å²) in [6, 6.07) is 5.97. The molecule has 1 N–H and O–H groups in total. The Hall–Kier alpha value is -1.62. The summed E-state index contributed by atoms with van der Waals surface area (Å²) in [5.74, 6) is -1.30.